The summed E-state index contributed by atoms with van der Waals surface area (Å²) in [5.74, 6) is 0.0173. The van der Waals surface area contributed by atoms with Gasteiger partial charge in [-0.3, -0.25) is 9.89 Å². The summed E-state index contributed by atoms with van der Waals surface area (Å²) < 4.78 is 35.8. The Hall–Kier alpha value is -2.39. The molecule has 0 saturated carbocycles. The van der Waals surface area contributed by atoms with Crippen molar-refractivity contribution in [3.63, 3.8) is 0 Å². The predicted molar refractivity (Wildman–Crippen MR) is 88.2 cm³/mol. The lowest BCUT2D eigenvalue weighted by Crippen LogP contribution is -2.41. The maximum Gasteiger partial charge on any atom is 0.274 e. The minimum atomic E-state index is -3.55. The Morgan fingerprint density at radius 1 is 1.32 bits per heavy atom. The zero-order chi connectivity index (χ0) is 17.6. The lowest BCUT2D eigenvalue weighted by Gasteiger charge is -2.26. The monoisotopic (exact) mass is 363 g/mol. The molecule has 3 heterocycles. The number of aromatic nitrogens is 2. The molecular formula is C16H17N3O5S. The molecule has 0 spiro atoms. The number of benzene rings is 1. The smallest absolute Gasteiger partial charge is 0.274 e. The molecule has 9 heteroatoms. The van der Waals surface area contributed by atoms with E-state index in [-0.39, 0.29) is 22.2 Å². The van der Waals surface area contributed by atoms with Crippen LogP contribution in [0.1, 0.15) is 16.1 Å². The molecule has 0 radical (unpaired) electrons. The number of ether oxygens (including phenoxy) is 2. The van der Waals surface area contributed by atoms with E-state index in [4.69, 9.17) is 9.47 Å². The van der Waals surface area contributed by atoms with E-state index in [1.54, 1.807) is 17.0 Å². The molecule has 1 saturated heterocycles. The van der Waals surface area contributed by atoms with Gasteiger partial charge in [-0.05, 0) is 18.2 Å². The van der Waals surface area contributed by atoms with Crippen molar-refractivity contribution in [2.45, 2.75) is 10.6 Å². The van der Waals surface area contributed by atoms with Gasteiger partial charge >= 0.3 is 0 Å². The molecule has 2 aliphatic heterocycles. The van der Waals surface area contributed by atoms with Crippen LogP contribution in [-0.4, -0.2) is 62.8 Å². The average molecular weight is 363 g/mol. The highest BCUT2D eigenvalue weighted by Crippen LogP contribution is 2.39. The highest BCUT2D eigenvalue weighted by atomic mass is 32.2. The molecule has 25 heavy (non-hydrogen) atoms. The lowest BCUT2D eigenvalue weighted by molar-refractivity contribution is 0.0298. The van der Waals surface area contributed by atoms with Crippen molar-refractivity contribution in [3.8, 4) is 17.0 Å². The second-order valence-electron chi connectivity index (χ2n) is 5.95. The number of aromatic amines is 1. The van der Waals surface area contributed by atoms with Crippen LogP contribution in [0.2, 0.25) is 0 Å². The molecule has 1 aromatic carbocycles. The molecule has 2 aromatic rings. The van der Waals surface area contributed by atoms with Gasteiger partial charge in [-0.25, -0.2) is 8.42 Å². The number of morpholine rings is 1. The minimum Gasteiger partial charge on any atom is -0.497 e. The third-order valence-corrected chi connectivity index (χ3v) is 6.19. The van der Waals surface area contributed by atoms with Gasteiger partial charge in [0.15, 0.2) is 15.5 Å². The van der Waals surface area contributed by atoms with Crippen molar-refractivity contribution < 1.29 is 22.7 Å². The normalized spacial score (nSPS) is 18.4. The highest BCUT2D eigenvalue weighted by molar-refractivity contribution is 7.90. The molecule has 2 aliphatic rings. The van der Waals surface area contributed by atoms with E-state index >= 15 is 0 Å². The summed E-state index contributed by atoms with van der Waals surface area (Å²) in [6.07, 6.45) is 0. The number of nitrogens with one attached hydrogen (secondary N) is 1. The molecule has 4 rings (SSSR count). The Bertz CT molecular complexity index is 945. The molecule has 0 atom stereocenters. The Morgan fingerprint density at radius 2 is 2.08 bits per heavy atom. The van der Waals surface area contributed by atoms with E-state index in [0.717, 1.165) is 0 Å². The van der Waals surface area contributed by atoms with E-state index in [2.05, 4.69) is 10.2 Å². The van der Waals surface area contributed by atoms with Crippen LogP contribution in [-0.2, 0) is 20.3 Å². The molecule has 0 bridgehead atoms. The van der Waals surface area contributed by atoms with E-state index in [9.17, 15) is 13.2 Å². The fraction of sp³-hybridized carbons (Fsp3) is 0.375. The van der Waals surface area contributed by atoms with Crippen LogP contribution in [0.5, 0.6) is 5.75 Å². The number of H-pyrrole nitrogens is 1. The van der Waals surface area contributed by atoms with Gasteiger partial charge in [0.1, 0.15) is 5.75 Å². The van der Waals surface area contributed by atoms with Gasteiger partial charge in [0.25, 0.3) is 5.91 Å². The fourth-order valence-corrected chi connectivity index (χ4v) is 4.78. The van der Waals surface area contributed by atoms with Crippen molar-refractivity contribution in [2.75, 3.05) is 33.4 Å². The number of hydrogen-bond donors (Lipinski definition) is 1. The molecule has 8 nitrogen and oxygen atoms in total. The van der Waals surface area contributed by atoms with Gasteiger partial charge in [0, 0.05) is 24.2 Å². The number of carbonyl (C=O) groups excluding carboxylic acids is 1. The second kappa shape index (κ2) is 5.85. The summed E-state index contributed by atoms with van der Waals surface area (Å²) in [5.41, 5.74) is 1.61. The van der Waals surface area contributed by atoms with E-state index in [1.807, 2.05) is 0 Å². The largest absolute Gasteiger partial charge is 0.497 e. The molecule has 1 N–H and O–H groups in total. The third-order valence-electron chi connectivity index (χ3n) is 4.49. The first-order valence-electron chi connectivity index (χ1n) is 7.86. The summed E-state index contributed by atoms with van der Waals surface area (Å²) in [7, 11) is -2.03. The Morgan fingerprint density at radius 3 is 2.80 bits per heavy atom. The summed E-state index contributed by atoms with van der Waals surface area (Å²) in [6.45, 7) is 1.88. The number of carbonyl (C=O) groups is 1. The van der Waals surface area contributed by atoms with Crippen LogP contribution in [0, 0.1) is 0 Å². The van der Waals surface area contributed by atoms with Crippen LogP contribution >= 0.6 is 0 Å². The average Bonchev–Trinajstić information content (AvgIpc) is 3.04. The summed E-state index contributed by atoms with van der Waals surface area (Å²) >= 11 is 0. The van der Waals surface area contributed by atoms with Crippen molar-refractivity contribution in [2.24, 2.45) is 0 Å². The van der Waals surface area contributed by atoms with Gasteiger partial charge in [-0.2, -0.15) is 5.10 Å². The van der Waals surface area contributed by atoms with Crippen molar-refractivity contribution in [3.05, 3.63) is 29.5 Å². The fourth-order valence-electron chi connectivity index (χ4n) is 3.19. The molecule has 132 valence electrons. The number of hydrogen-bond acceptors (Lipinski definition) is 6. The molecular weight excluding hydrogens is 346 g/mol. The van der Waals surface area contributed by atoms with E-state index in [0.29, 0.717) is 48.9 Å². The maximum absolute atomic E-state index is 12.7. The highest BCUT2D eigenvalue weighted by Gasteiger charge is 2.35. The Kier molecular flexibility index (Phi) is 3.77. The van der Waals surface area contributed by atoms with Crippen molar-refractivity contribution in [1.29, 1.82) is 0 Å². The quantitative estimate of drug-likeness (QED) is 0.849. The zero-order valence-corrected chi connectivity index (χ0v) is 14.4. The van der Waals surface area contributed by atoms with Crippen LogP contribution < -0.4 is 4.74 Å². The molecule has 1 amide bonds. The SMILES string of the molecule is COc1ccc2c(c1)-c1[nH]nc(C(=O)N3CCOCC3)c1CS2(=O)=O. The first-order valence-corrected chi connectivity index (χ1v) is 9.52. The Labute approximate surface area is 144 Å². The molecule has 0 unspecified atom stereocenters. The number of amides is 1. The van der Waals surface area contributed by atoms with Crippen LogP contribution in [0.3, 0.4) is 0 Å². The standard InChI is InChI=1S/C16H17N3O5S/c1-23-10-2-3-13-11(8-10)14-12(9-25(13,21)22)15(18-17-14)16(20)19-4-6-24-7-5-19/h2-3,8H,4-7,9H2,1H3,(H,17,18). The molecule has 1 fully saturated rings. The first kappa shape index (κ1) is 16.1. The predicted octanol–water partition coefficient (Wildman–Crippen LogP) is 0.845. The number of rotatable bonds is 2. The van der Waals surface area contributed by atoms with Crippen molar-refractivity contribution >= 4 is 15.7 Å². The summed E-state index contributed by atoms with van der Waals surface area (Å²) in [4.78, 5) is 14.6. The van der Waals surface area contributed by atoms with Gasteiger partial charge in [-0.1, -0.05) is 0 Å². The van der Waals surface area contributed by atoms with Gasteiger partial charge in [0.2, 0.25) is 0 Å². The van der Waals surface area contributed by atoms with Gasteiger partial charge in [0.05, 0.1) is 36.7 Å². The van der Waals surface area contributed by atoms with Gasteiger partial charge in [-0.15, -0.1) is 0 Å². The van der Waals surface area contributed by atoms with Crippen LogP contribution in [0.25, 0.3) is 11.3 Å². The molecule has 1 aromatic heterocycles. The second-order valence-corrected chi connectivity index (χ2v) is 7.91. The third kappa shape index (κ3) is 2.59. The summed E-state index contributed by atoms with van der Waals surface area (Å²) in [5, 5.41) is 6.97. The van der Waals surface area contributed by atoms with Gasteiger partial charge < -0.3 is 14.4 Å². The van der Waals surface area contributed by atoms with Crippen LogP contribution in [0.4, 0.5) is 0 Å². The van der Waals surface area contributed by atoms with Crippen LogP contribution in [0.15, 0.2) is 23.1 Å². The topological polar surface area (TPSA) is 102 Å². The molecule has 0 aliphatic carbocycles. The minimum absolute atomic E-state index is 0.161. The lowest BCUT2D eigenvalue weighted by atomic mass is 10.1. The number of nitrogens with zero attached hydrogens (tertiary/aromatic N) is 2. The van der Waals surface area contributed by atoms with E-state index < -0.39 is 9.84 Å². The Balaban J connectivity index is 1.82. The van der Waals surface area contributed by atoms with E-state index in [1.165, 1.54) is 13.2 Å². The summed E-state index contributed by atoms with van der Waals surface area (Å²) in [6, 6.07) is 4.78. The number of fused-ring (bicyclic) bond motifs is 3. The maximum atomic E-state index is 12.7. The number of methoxy groups -OCH3 is 1. The first-order chi connectivity index (χ1) is 12.0. The number of sulfone groups is 1. The zero-order valence-electron chi connectivity index (χ0n) is 13.6. The van der Waals surface area contributed by atoms with Crippen molar-refractivity contribution in [1.82, 2.24) is 15.1 Å².